The van der Waals surface area contributed by atoms with E-state index in [1.807, 2.05) is 12.4 Å². The fraction of sp³-hybridized carbons (Fsp3) is 0.562. The van der Waals surface area contributed by atoms with Gasteiger partial charge in [0.1, 0.15) is 5.82 Å². The SMILES string of the molecule is Cc1cnn(C2CCN(Cc3ccnc(C4CC4)n3)C2)c1. The lowest BCUT2D eigenvalue weighted by Crippen LogP contribution is -2.22. The molecule has 21 heavy (non-hydrogen) atoms. The van der Waals surface area contributed by atoms with E-state index >= 15 is 0 Å². The third-order valence-corrected chi connectivity index (χ3v) is 4.41. The second-order valence-corrected chi connectivity index (χ2v) is 6.36. The van der Waals surface area contributed by atoms with E-state index in [1.54, 1.807) is 0 Å². The quantitative estimate of drug-likeness (QED) is 0.864. The highest BCUT2D eigenvalue weighted by atomic mass is 15.3. The van der Waals surface area contributed by atoms with E-state index < -0.39 is 0 Å². The van der Waals surface area contributed by atoms with Gasteiger partial charge in [-0.1, -0.05) is 0 Å². The van der Waals surface area contributed by atoms with E-state index in [4.69, 9.17) is 4.98 Å². The molecule has 1 saturated heterocycles. The minimum absolute atomic E-state index is 0.503. The predicted octanol–water partition coefficient (Wildman–Crippen LogP) is 2.31. The van der Waals surface area contributed by atoms with Gasteiger partial charge in [0.05, 0.1) is 17.9 Å². The van der Waals surface area contributed by atoms with Crippen LogP contribution >= 0.6 is 0 Å². The average Bonchev–Trinajstić information content (AvgIpc) is 3.10. The third kappa shape index (κ3) is 2.83. The van der Waals surface area contributed by atoms with Gasteiger partial charge in [-0.05, 0) is 37.8 Å². The third-order valence-electron chi connectivity index (χ3n) is 4.41. The summed E-state index contributed by atoms with van der Waals surface area (Å²) in [6.07, 6.45) is 9.68. The Balaban J connectivity index is 1.40. The van der Waals surface area contributed by atoms with Gasteiger partial charge in [0.25, 0.3) is 0 Å². The van der Waals surface area contributed by atoms with Gasteiger partial charge in [-0.25, -0.2) is 9.97 Å². The summed E-state index contributed by atoms with van der Waals surface area (Å²) in [5.41, 5.74) is 2.39. The van der Waals surface area contributed by atoms with Crippen LogP contribution in [0, 0.1) is 6.92 Å². The molecule has 2 fully saturated rings. The number of hydrogen-bond donors (Lipinski definition) is 0. The molecule has 0 amide bonds. The first kappa shape index (κ1) is 13.0. The number of likely N-dealkylation sites (tertiary alicyclic amines) is 1. The number of hydrogen-bond acceptors (Lipinski definition) is 4. The lowest BCUT2D eigenvalue weighted by atomic mass is 10.3. The summed E-state index contributed by atoms with van der Waals surface area (Å²) >= 11 is 0. The van der Waals surface area contributed by atoms with Crippen molar-refractivity contribution in [1.29, 1.82) is 0 Å². The maximum Gasteiger partial charge on any atom is 0.131 e. The lowest BCUT2D eigenvalue weighted by Gasteiger charge is -2.16. The van der Waals surface area contributed by atoms with Crippen LogP contribution in [0.1, 0.15) is 48.3 Å². The molecule has 0 bridgehead atoms. The Hall–Kier alpha value is -1.75. The molecule has 2 aromatic rings. The molecule has 0 radical (unpaired) electrons. The van der Waals surface area contributed by atoms with E-state index in [-0.39, 0.29) is 0 Å². The van der Waals surface area contributed by atoms with Gasteiger partial charge in [0.2, 0.25) is 0 Å². The van der Waals surface area contributed by atoms with E-state index in [9.17, 15) is 0 Å². The van der Waals surface area contributed by atoms with E-state index in [2.05, 4.69) is 38.9 Å². The van der Waals surface area contributed by atoms with Crippen LogP contribution in [-0.2, 0) is 6.54 Å². The highest BCUT2D eigenvalue weighted by molar-refractivity contribution is 5.10. The van der Waals surface area contributed by atoms with E-state index in [1.165, 1.54) is 24.8 Å². The van der Waals surface area contributed by atoms with Crippen molar-refractivity contribution in [3.8, 4) is 0 Å². The first-order valence-electron chi connectivity index (χ1n) is 7.83. The molecular formula is C16H21N5. The molecule has 5 heteroatoms. The summed E-state index contributed by atoms with van der Waals surface area (Å²) in [4.78, 5) is 11.6. The largest absolute Gasteiger partial charge is 0.295 e. The molecule has 2 aromatic heterocycles. The van der Waals surface area contributed by atoms with Crippen LogP contribution in [0.4, 0.5) is 0 Å². The van der Waals surface area contributed by atoms with Gasteiger partial charge in [-0.3, -0.25) is 9.58 Å². The van der Waals surface area contributed by atoms with Crippen LogP contribution in [-0.4, -0.2) is 37.7 Å². The molecule has 5 nitrogen and oxygen atoms in total. The highest BCUT2D eigenvalue weighted by Crippen LogP contribution is 2.37. The first-order valence-corrected chi connectivity index (χ1v) is 7.83. The number of aromatic nitrogens is 4. The number of aryl methyl sites for hydroxylation is 1. The molecule has 0 spiro atoms. The van der Waals surface area contributed by atoms with Gasteiger partial charge in [0, 0.05) is 37.9 Å². The van der Waals surface area contributed by atoms with Crippen LogP contribution in [0.2, 0.25) is 0 Å². The Kier molecular flexibility index (Phi) is 3.22. The van der Waals surface area contributed by atoms with E-state index in [0.717, 1.165) is 31.2 Å². The van der Waals surface area contributed by atoms with Gasteiger partial charge >= 0.3 is 0 Å². The van der Waals surface area contributed by atoms with Crippen LogP contribution in [0.25, 0.3) is 0 Å². The summed E-state index contributed by atoms with van der Waals surface area (Å²) in [6.45, 7) is 5.20. The summed E-state index contributed by atoms with van der Waals surface area (Å²) in [5, 5.41) is 4.45. The number of rotatable bonds is 4. The van der Waals surface area contributed by atoms with Crippen LogP contribution < -0.4 is 0 Å². The Morgan fingerprint density at radius 3 is 2.95 bits per heavy atom. The molecule has 2 aliphatic rings. The zero-order valence-electron chi connectivity index (χ0n) is 12.4. The fourth-order valence-corrected chi connectivity index (χ4v) is 3.07. The molecule has 1 unspecified atom stereocenters. The molecule has 1 aliphatic heterocycles. The average molecular weight is 283 g/mol. The van der Waals surface area contributed by atoms with Gasteiger partial charge < -0.3 is 0 Å². The second-order valence-electron chi connectivity index (χ2n) is 6.36. The maximum atomic E-state index is 4.72. The van der Waals surface area contributed by atoms with Gasteiger partial charge in [0.15, 0.2) is 0 Å². The molecule has 1 atom stereocenters. The molecular weight excluding hydrogens is 262 g/mol. The zero-order valence-corrected chi connectivity index (χ0v) is 12.4. The standard InChI is InChI=1S/C16H21N5/c1-12-8-18-21(9-12)15-5-7-20(11-15)10-14-4-6-17-16(19-14)13-2-3-13/h4,6,8-9,13,15H,2-3,5,7,10-11H2,1H3. The van der Waals surface area contributed by atoms with Crippen molar-refractivity contribution in [2.75, 3.05) is 13.1 Å². The smallest absolute Gasteiger partial charge is 0.131 e. The molecule has 1 saturated carbocycles. The second kappa shape index (κ2) is 5.22. The minimum atomic E-state index is 0.503. The Labute approximate surface area is 125 Å². The zero-order chi connectivity index (χ0) is 14.2. The topological polar surface area (TPSA) is 46.8 Å². The van der Waals surface area contributed by atoms with Crippen LogP contribution in [0.15, 0.2) is 24.7 Å². The van der Waals surface area contributed by atoms with Crippen molar-refractivity contribution in [3.63, 3.8) is 0 Å². The number of nitrogens with zero attached hydrogens (tertiary/aromatic N) is 5. The minimum Gasteiger partial charge on any atom is -0.295 e. The highest BCUT2D eigenvalue weighted by Gasteiger charge is 2.28. The van der Waals surface area contributed by atoms with Crippen molar-refractivity contribution in [2.45, 2.75) is 44.7 Å². The van der Waals surface area contributed by atoms with Gasteiger partial charge in [-0.15, -0.1) is 0 Å². The predicted molar refractivity (Wildman–Crippen MR) is 79.9 cm³/mol. The summed E-state index contributed by atoms with van der Waals surface area (Å²) in [5.74, 6) is 1.68. The van der Waals surface area contributed by atoms with Gasteiger partial charge in [-0.2, -0.15) is 5.10 Å². The summed E-state index contributed by atoms with van der Waals surface area (Å²) in [6, 6.07) is 2.56. The Morgan fingerprint density at radius 2 is 2.19 bits per heavy atom. The molecule has 0 N–H and O–H groups in total. The molecule has 0 aromatic carbocycles. The lowest BCUT2D eigenvalue weighted by molar-refractivity contribution is 0.307. The summed E-state index contributed by atoms with van der Waals surface area (Å²) < 4.78 is 2.12. The normalized spacial score (nSPS) is 22.8. The van der Waals surface area contributed by atoms with Crippen molar-refractivity contribution in [1.82, 2.24) is 24.6 Å². The monoisotopic (exact) mass is 283 g/mol. The molecule has 1 aliphatic carbocycles. The molecule has 3 heterocycles. The molecule has 4 rings (SSSR count). The maximum absolute atomic E-state index is 4.72. The van der Waals surface area contributed by atoms with Crippen molar-refractivity contribution >= 4 is 0 Å². The van der Waals surface area contributed by atoms with Crippen LogP contribution in [0.5, 0.6) is 0 Å². The first-order chi connectivity index (χ1) is 10.3. The van der Waals surface area contributed by atoms with Crippen molar-refractivity contribution < 1.29 is 0 Å². The Bertz CT molecular complexity index is 631. The van der Waals surface area contributed by atoms with Crippen molar-refractivity contribution in [3.05, 3.63) is 41.7 Å². The summed E-state index contributed by atoms with van der Waals surface area (Å²) in [7, 11) is 0. The fourth-order valence-electron chi connectivity index (χ4n) is 3.07. The van der Waals surface area contributed by atoms with Crippen LogP contribution in [0.3, 0.4) is 0 Å². The Morgan fingerprint density at radius 1 is 1.29 bits per heavy atom. The molecule has 110 valence electrons. The van der Waals surface area contributed by atoms with E-state index in [0.29, 0.717) is 12.0 Å². The van der Waals surface area contributed by atoms with Crippen molar-refractivity contribution in [2.24, 2.45) is 0 Å².